The van der Waals surface area contributed by atoms with Gasteiger partial charge in [-0.2, -0.15) is 0 Å². The minimum atomic E-state index is -0.140. The number of ether oxygens (including phenoxy) is 1. The fourth-order valence-electron chi connectivity index (χ4n) is 3.55. The van der Waals surface area contributed by atoms with Gasteiger partial charge in [-0.3, -0.25) is 9.59 Å². The number of benzene rings is 2. The number of rotatable bonds is 8. The molecule has 0 radical (unpaired) electrons. The van der Waals surface area contributed by atoms with E-state index < -0.39 is 0 Å². The molecule has 1 aromatic heterocycles. The topological polar surface area (TPSA) is 75.3 Å². The van der Waals surface area contributed by atoms with Crippen molar-refractivity contribution in [1.29, 1.82) is 0 Å². The average Bonchev–Trinajstić information content (AvgIpc) is 2.74. The van der Waals surface area contributed by atoms with Crippen molar-refractivity contribution in [2.24, 2.45) is 0 Å². The molecule has 1 amide bonds. The van der Waals surface area contributed by atoms with E-state index in [-0.39, 0.29) is 17.5 Å². The second-order valence-corrected chi connectivity index (χ2v) is 7.02. The van der Waals surface area contributed by atoms with Crippen LogP contribution in [0, 0.1) is 0 Å². The molecule has 0 spiro atoms. The largest absolute Gasteiger partial charge is 0.497 e. The van der Waals surface area contributed by atoms with Crippen molar-refractivity contribution >= 4 is 16.8 Å². The lowest BCUT2D eigenvalue weighted by Gasteiger charge is -2.28. The number of aromatic amines is 1. The van der Waals surface area contributed by atoms with E-state index in [0.717, 1.165) is 11.3 Å². The summed E-state index contributed by atoms with van der Waals surface area (Å²) >= 11 is 0. The number of aryl methyl sites for hydroxylation is 1. The minimum absolute atomic E-state index is 0.0406. The van der Waals surface area contributed by atoms with E-state index >= 15 is 0 Å². The number of para-hydroxylation sites is 1. The molecule has 152 valence electrons. The number of carbonyl (C=O) groups excluding carboxylic acids is 1. The van der Waals surface area contributed by atoms with Crippen molar-refractivity contribution in [3.63, 3.8) is 0 Å². The van der Waals surface area contributed by atoms with Gasteiger partial charge in [-0.1, -0.05) is 24.3 Å². The Morgan fingerprint density at radius 3 is 2.76 bits per heavy atom. The Morgan fingerprint density at radius 1 is 1.21 bits per heavy atom. The highest BCUT2D eigenvalue weighted by molar-refractivity contribution is 5.77. The average molecular weight is 393 g/mol. The third kappa shape index (κ3) is 4.83. The Balaban J connectivity index is 1.63. The number of H-pyrrole nitrogens is 1. The van der Waals surface area contributed by atoms with Crippen LogP contribution in [0.15, 0.2) is 53.3 Å². The molecule has 2 aromatic carbocycles. The van der Waals surface area contributed by atoms with Gasteiger partial charge in [-0.15, -0.1) is 0 Å². The maximum Gasteiger partial charge on any atom is 0.258 e. The van der Waals surface area contributed by atoms with Crippen LogP contribution in [0.2, 0.25) is 0 Å². The zero-order valence-corrected chi connectivity index (χ0v) is 17.1. The lowest BCUT2D eigenvalue weighted by molar-refractivity contribution is -0.133. The Hall–Kier alpha value is -3.15. The quantitative estimate of drug-likeness (QED) is 0.630. The molecule has 6 heteroatoms. The van der Waals surface area contributed by atoms with E-state index in [9.17, 15) is 9.59 Å². The van der Waals surface area contributed by atoms with Gasteiger partial charge in [0, 0.05) is 19.4 Å². The summed E-state index contributed by atoms with van der Waals surface area (Å²) in [6.45, 7) is 4.64. The van der Waals surface area contributed by atoms with E-state index in [1.54, 1.807) is 13.2 Å². The summed E-state index contributed by atoms with van der Waals surface area (Å²) in [4.78, 5) is 34.2. The van der Waals surface area contributed by atoms with Crippen molar-refractivity contribution in [2.45, 2.75) is 39.2 Å². The first kappa shape index (κ1) is 20.6. The smallest absolute Gasteiger partial charge is 0.258 e. The maximum atomic E-state index is 12.8. The first-order valence-electron chi connectivity index (χ1n) is 9.94. The van der Waals surface area contributed by atoms with Crippen LogP contribution in [0.1, 0.15) is 44.1 Å². The van der Waals surface area contributed by atoms with Gasteiger partial charge in [0.05, 0.1) is 24.1 Å². The van der Waals surface area contributed by atoms with E-state index in [2.05, 4.69) is 9.97 Å². The molecule has 0 saturated heterocycles. The molecular formula is C23H27N3O3. The molecule has 3 aromatic rings. The summed E-state index contributed by atoms with van der Waals surface area (Å²) < 4.78 is 5.29. The summed E-state index contributed by atoms with van der Waals surface area (Å²) in [7, 11) is 1.64. The number of fused-ring (bicyclic) bond motifs is 1. The SMILES string of the molecule is CCN(C(=O)CCCc1nc2ccccc2c(=O)[nH]1)C(C)c1cccc(OC)c1. The van der Waals surface area contributed by atoms with Gasteiger partial charge in [0.2, 0.25) is 5.91 Å². The van der Waals surface area contributed by atoms with Crippen LogP contribution in [0.25, 0.3) is 10.9 Å². The summed E-state index contributed by atoms with van der Waals surface area (Å²) in [6, 6.07) is 15.0. The van der Waals surface area contributed by atoms with Crippen LogP contribution in [-0.4, -0.2) is 34.4 Å². The van der Waals surface area contributed by atoms with Crippen molar-refractivity contribution < 1.29 is 9.53 Å². The van der Waals surface area contributed by atoms with Crippen LogP contribution >= 0.6 is 0 Å². The summed E-state index contributed by atoms with van der Waals surface area (Å²) in [6.07, 6.45) is 1.58. The van der Waals surface area contributed by atoms with Crippen molar-refractivity contribution in [3.05, 3.63) is 70.3 Å². The highest BCUT2D eigenvalue weighted by atomic mass is 16.5. The lowest BCUT2D eigenvalue weighted by Crippen LogP contribution is -2.33. The van der Waals surface area contributed by atoms with Gasteiger partial charge in [-0.05, 0) is 50.1 Å². The summed E-state index contributed by atoms with van der Waals surface area (Å²) in [5.41, 5.74) is 1.58. The number of aromatic nitrogens is 2. The van der Waals surface area contributed by atoms with Crippen molar-refractivity contribution in [3.8, 4) is 5.75 Å². The Labute approximate surface area is 170 Å². The summed E-state index contributed by atoms with van der Waals surface area (Å²) in [5.74, 6) is 1.49. The van der Waals surface area contributed by atoms with Crippen LogP contribution in [0.3, 0.4) is 0 Å². The number of hydrogen-bond acceptors (Lipinski definition) is 4. The van der Waals surface area contributed by atoms with Crippen LogP contribution in [0.4, 0.5) is 0 Å². The molecule has 1 unspecified atom stereocenters. The minimum Gasteiger partial charge on any atom is -0.497 e. The fourth-order valence-corrected chi connectivity index (χ4v) is 3.55. The number of hydrogen-bond donors (Lipinski definition) is 1. The van der Waals surface area contributed by atoms with E-state index in [1.165, 1.54) is 0 Å². The van der Waals surface area contributed by atoms with Crippen LogP contribution in [0.5, 0.6) is 5.75 Å². The third-order valence-electron chi connectivity index (χ3n) is 5.17. The van der Waals surface area contributed by atoms with Gasteiger partial charge >= 0.3 is 0 Å². The number of nitrogens with one attached hydrogen (secondary N) is 1. The maximum absolute atomic E-state index is 12.8. The number of nitrogens with zero attached hydrogens (tertiary/aromatic N) is 2. The van der Waals surface area contributed by atoms with Gasteiger partial charge in [0.25, 0.3) is 5.56 Å². The Bertz CT molecular complexity index is 1040. The highest BCUT2D eigenvalue weighted by Crippen LogP contribution is 2.24. The fraction of sp³-hybridized carbons (Fsp3) is 0.348. The molecule has 1 N–H and O–H groups in total. The molecule has 1 heterocycles. The molecule has 1 atom stereocenters. The predicted molar refractivity (Wildman–Crippen MR) is 114 cm³/mol. The Kier molecular flexibility index (Phi) is 6.65. The zero-order valence-electron chi connectivity index (χ0n) is 17.1. The van der Waals surface area contributed by atoms with E-state index in [0.29, 0.717) is 42.5 Å². The van der Waals surface area contributed by atoms with E-state index in [1.807, 2.05) is 61.2 Å². The lowest BCUT2D eigenvalue weighted by atomic mass is 10.1. The number of carbonyl (C=O) groups is 1. The second-order valence-electron chi connectivity index (χ2n) is 7.02. The normalized spacial score (nSPS) is 12.0. The van der Waals surface area contributed by atoms with Crippen molar-refractivity contribution in [2.75, 3.05) is 13.7 Å². The van der Waals surface area contributed by atoms with Gasteiger partial charge in [0.15, 0.2) is 0 Å². The number of amides is 1. The first-order valence-corrected chi connectivity index (χ1v) is 9.94. The molecule has 0 fully saturated rings. The molecule has 0 aliphatic heterocycles. The third-order valence-corrected chi connectivity index (χ3v) is 5.17. The molecule has 0 bridgehead atoms. The number of methoxy groups -OCH3 is 1. The molecule has 0 saturated carbocycles. The molecule has 0 aliphatic carbocycles. The predicted octanol–water partition coefficient (Wildman–Crippen LogP) is 3.86. The van der Waals surface area contributed by atoms with Crippen LogP contribution < -0.4 is 10.3 Å². The molecule has 0 aliphatic rings. The molecular weight excluding hydrogens is 366 g/mol. The monoisotopic (exact) mass is 393 g/mol. The van der Waals surface area contributed by atoms with Gasteiger partial charge in [0.1, 0.15) is 11.6 Å². The summed E-state index contributed by atoms with van der Waals surface area (Å²) in [5, 5.41) is 0.580. The first-order chi connectivity index (χ1) is 14.0. The molecule has 29 heavy (non-hydrogen) atoms. The zero-order chi connectivity index (χ0) is 20.8. The van der Waals surface area contributed by atoms with E-state index in [4.69, 9.17) is 4.74 Å². The van der Waals surface area contributed by atoms with Crippen molar-refractivity contribution in [1.82, 2.24) is 14.9 Å². The Morgan fingerprint density at radius 2 is 2.00 bits per heavy atom. The highest BCUT2D eigenvalue weighted by Gasteiger charge is 2.20. The molecule has 3 rings (SSSR count). The second kappa shape index (κ2) is 9.37. The van der Waals surface area contributed by atoms with Crippen LogP contribution in [-0.2, 0) is 11.2 Å². The van der Waals surface area contributed by atoms with Gasteiger partial charge in [-0.25, -0.2) is 4.98 Å². The van der Waals surface area contributed by atoms with Gasteiger partial charge < -0.3 is 14.6 Å². The standard InChI is InChI=1S/C23H27N3O3/c1-4-26(16(2)17-9-7-10-18(15-17)29-3)22(27)14-8-13-21-24-20-12-6-5-11-19(20)23(28)25-21/h5-7,9-12,15-16H,4,8,13-14H2,1-3H3,(H,24,25,28). The molecule has 6 nitrogen and oxygen atoms in total.